The van der Waals surface area contributed by atoms with E-state index in [0.29, 0.717) is 12.5 Å². The second-order valence-electron chi connectivity index (χ2n) is 6.74. The number of nitrogens with one attached hydrogen (secondary N) is 1. The lowest BCUT2D eigenvalue weighted by molar-refractivity contribution is -0.133. The van der Waals surface area contributed by atoms with Gasteiger partial charge in [-0.05, 0) is 45.1 Å². The maximum absolute atomic E-state index is 12.7. The fraction of sp³-hybridized carbons (Fsp3) is 0.556. The van der Waals surface area contributed by atoms with Gasteiger partial charge in [0.05, 0.1) is 11.4 Å². The minimum atomic E-state index is 0.142. The van der Waals surface area contributed by atoms with Crippen LogP contribution in [0, 0.1) is 19.8 Å². The second kappa shape index (κ2) is 7.63. The predicted octanol–water partition coefficient (Wildman–Crippen LogP) is 1.81. The second-order valence-corrected chi connectivity index (χ2v) is 6.74. The Hall–Kier alpha value is -2.44. The molecule has 1 saturated heterocycles. The lowest BCUT2D eigenvalue weighted by Gasteiger charge is -2.33. The quantitative estimate of drug-likeness (QED) is 0.897. The van der Waals surface area contributed by atoms with Crippen molar-refractivity contribution < 1.29 is 4.79 Å². The van der Waals surface area contributed by atoms with Crippen molar-refractivity contribution in [2.75, 3.05) is 25.5 Å². The molecule has 0 radical (unpaired) electrons. The van der Waals surface area contributed by atoms with Gasteiger partial charge in [0, 0.05) is 38.2 Å². The van der Waals surface area contributed by atoms with Gasteiger partial charge < -0.3 is 10.2 Å². The summed E-state index contributed by atoms with van der Waals surface area (Å²) in [5.41, 5.74) is 2.95. The van der Waals surface area contributed by atoms with Crippen molar-refractivity contribution in [2.24, 2.45) is 5.92 Å². The van der Waals surface area contributed by atoms with E-state index < -0.39 is 0 Å². The van der Waals surface area contributed by atoms with Crippen LogP contribution in [0.25, 0.3) is 0 Å². The summed E-state index contributed by atoms with van der Waals surface area (Å²) in [5, 5.41) is 7.49. The maximum atomic E-state index is 12.7. The van der Waals surface area contributed by atoms with Gasteiger partial charge in [-0.3, -0.25) is 14.5 Å². The zero-order valence-corrected chi connectivity index (χ0v) is 15.2. The number of likely N-dealkylation sites (tertiary alicyclic amines) is 1. The highest BCUT2D eigenvalue weighted by Crippen LogP contribution is 2.22. The lowest BCUT2D eigenvalue weighted by Crippen LogP contribution is -2.42. The molecule has 25 heavy (non-hydrogen) atoms. The van der Waals surface area contributed by atoms with Crippen molar-refractivity contribution in [1.82, 2.24) is 24.6 Å². The van der Waals surface area contributed by atoms with Gasteiger partial charge >= 0.3 is 0 Å². The van der Waals surface area contributed by atoms with E-state index in [1.165, 1.54) is 0 Å². The summed E-state index contributed by atoms with van der Waals surface area (Å²) in [7, 11) is 1.86. The molecule has 1 aliphatic heterocycles. The van der Waals surface area contributed by atoms with Crippen LogP contribution in [-0.2, 0) is 17.8 Å². The van der Waals surface area contributed by atoms with Crippen molar-refractivity contribution in [2.45, 2.75) is 39.7 Å². The Morgan fingerprint density at radius 3 is 2.84 bits per heavy atom. The summed E-state index contributed by atoms with van der Waals surface area (Å²) < 4.78 is 1.79. The number of rotatable bonds is 5. The molecular weight excluding hydrogens is 316 g/mol. The standard InChI is InChI=1S/C18H26N6O/c1-13-9-14(2)24(22-13)12-17(25)23-8-4-5-15(11-23)10-16-18(19-3)21-7-6-20-16/h6-7,9,15H,4-5,8,10-12H2,1-3H3,(H,19,21)/t15-/m0/s1. The molecule has 0 unspecified atom stereocenters. The summed E-state index contributed by atoms with van der Waals surface area (Å²) in [5.74, 6) is 1.39. The highest BCUT2D eigenvalue weighted by atomic mass is 16.2. The molecule has 2 aromatic heterocycles. The number of carbonyl (C=O) groups excluding carboxylic acids is 1. The average molecular weight is 342 g/mol. The number of piperidine rings is 1. The largest absolute Gasteiger partial charge is 0.372 e. The Morgan fingerprint density at radius 1 is 1.32 bits per heavy atom. The SMILES string of the molecule is CNc1nccnc1C[C@@H]1CCCN(C(=O)Cn2nc(C)cc2C)C1. The molecule has 0 aromatic carbocycles. The molecule has 0 bridgehead atoms. The fourth-order valence-electron chi connectivity index (χ4n) is 3.52. The van der Waals surface area contributed by atoms with Crippen LogP contribution in [-0.4, -0.2) is 50.7 Å². The van der Waals surface area contributed by atoms with Gasteiger partial charge in [-0.25, -0.2) is 4.98 Å². The summed E-state index contributed by atoms with van der Waals surface area (Å²) in [6.07, 6.45) is 6.41. The molecule has 1 N–H and O–H groups in total. The minimum Gasteiger partial charge on any atom is -0.372 e. The van der Waals surface area contributed by atoms with E-state index in [4.69, 9.17) is 0 Å². The zero-order chi connectivity index (χ0) is 17.8. The Morgan fingerprint density at radius 2 is 2.12 bits per heavy atom. The first-order chi connectivity index (χ1) is 12.1. The van der Waals surface area contributed by atoms with Crippen LogP contribution in [0.5, 0.6) is 0 Å². The number of anilines is 1. The van der Waals surface area contributed by atoms with Crippen LogP contribution >= 0.6 is 0 Å². The van der Waals surface area contributed by atoms with Gasteiger partial charge in [-0.2, -0.15) is 5.10 Å². The molecular formula is C18H26N6O. The van der Waals surface area contributed by atoms with Gasteiger partial charge in [0.25, 0.3) is 0 Å². The van der Waals surface area contributed by atoms with E-state index in [9.17, 15) is 4.79 Å². The van der Waals surface area contributed by atoms with E-state index >= 15 is 0 Å². The van der Waals surface area contributed by atoms with Crippen LogP contribution < -0.4 is 5.32 Å². The van der Waals surface area contributed by atoms with Gasteiger partial charge in [-0.15, -0.1) is 0 Å². The van der Waals surface area contributed by atoms with E-state index in [1.807, 2.05) is 31.9 Å². The third kappa shape index (κ3) is 4.15. The Bertz CT molecular complexity index is 741. The van der Waals surface area contributed by atoms with Crippen LogP contribution in [0.1, 0.15) is 29.9 Å². The smallest absolute Gasteiger partial charge is 0.244 e. The van der Waals surface area contributed by atoms with Crippen LogP contribution in [0.4, 0.5) is 5.82 Å². The summed E-state index contributed by atoms with van der Waals surface area (Å²) in [4.78, 5) is 23.4. The first kappa shape index (κ1) is 17.4. The highest BCUT2D eigenvalue weighted by molar-refractivity contribution is 5.76. The molecule has 134 valence electrons. The lowest BCUT2D eigenvalue weighted by atomic mass is 9.93. The first-order valence-corrected chi connectivity index (χ1v) is 8.83. The Labute approximate surface area is 148 Å². The number of carbonyl (C=O) groups is 1. The fourth-order valence-corrected chi connectivity index (χ4v) is 3.52. The number of nitrogens with zero attached hydrogens (tertiary/aromatic N) is 5. The first-order valence-electron chi connectivity index (χ1n) is 8.83. The van der Waals surface area contributed by atoms with E-state index in [2.05, 4.69) is 20.4 Å². The highest BCUT2D eigenvalue weighted by Gasteiger charge is 2.25. The van der Waals surface area contributed by atoms with Crippen molar-refractivity contribution in [3.05, 3.63) is 35.5 Å². The van der Waals surface area contributed by atoms with E-state index in [0.717, 1.165) is 55.3 Å². The third-order valence-corrected chi connectivity index (χ3v) is 4.75. The predicted molar refractivity (Wildman–Crippen MR) is 96.3 cm³/mol. The maximum Gasteiger partial charge on any atom is 0.244 e. The molecule has 1 amide bonds. The molecule has 7 nitrogen and oxygen atoms in total. The third-order valence-electron chi connectivity index (χ3n) is 4.75. The number of amides is 1. The number of aryl methyl sites for hydroxylation is 2. The topological polar surface area (TPSA) is 75.9 Å². The van der Waals surface area contributed by atoms with Crippen LogP contribution in [0.15, 0.2) is 18.5 Å². The molecule has 0 aliphatic carbocycles. The number of hydrogen-bond acceptors (Lipinski definition) is 5. The molecule has 1 atom stereocenters. The van der Waals surface area contributed by atoms with Crippen LogP contribution in [0.3, 0.4) is 0 Å². The van der Waals surface area contributed by atoms with Crippen molar-refractivity contribution in [1.29, 1.82) is 0 Å². The molecule has 2 aromatic rings. The Balaban J connectivity index is 1.62. The number of aromatic nitrogens is 4. The monoisotopic (exact) mass is 342 g/mol. The van der Waals surface area contributed by atoms with Gasteiger partial charge in [0.15, 0.2) is 0 Å². The molecule has 0 saturated carbocycles. The van der Waals surface area contributed by atoms with Crippen molar-refractivity contribution >= 4 is 11.7 Å². The summed E-state index contributed by atoms with van der Waals surface area (Å²) in [6, 6.07) is 2.00. The molecule has 0 spiro atoms. The summed E-state index contributed by atoms with van der Waals surface area (Å²) >= 11 is 0. The normalized spacial score (nSPS) is 17.6. The minimum absolute atomic E-state index is 0.142. The Kier molecular flexibility index (Phi) is 5.31. The number of hydrogen-bond donors (Lipinski definition) is 1. The van der Waals surface area contributed by atoms with Crippen LogP contribution in [0.2, 0.25) is 0 Å². The zero-order valence-electron chi connectivity index (χ0n) is 15.2. The molecule has 1 aliphatic rings. The summed E-state index contributed by atoms with van der Waals surface area (Å²) in [6.45, 7) is 5.86. The van der Waals surface area contributed by atoms with Gasteiger partial charge in [-0.1, -0.05) is 0 Å². The van der Waals surface area contributed by atoms with Crippen molar-refractivity contribution in [3.8, 4) is 0 Å². The van der Waals surface area contributed by atoms with Crippen molar-refractivity contribution in [3.63, 3.8) is 0 Å². The average Bonchev–Trinajstić information content (AvgIpc) is 2.93. The molecule has 1 fully saturated rings. The van der Waals surface area contributed by atoms with Gasteiger partial charge in [0.2, 0.25) is 5.91 Å². The van der Waals surface area contributed by atoms with Gasteiger partial charge in [0.1, 0.15) is 12.4 Å². The molecule has 3 heterocycles. The van der Waals surface area contributed by atoms with E-state index in [-0.39, 0.29) is 5.91 Å². The molecule has 7 heteroatoms. The molecule has 3 rings (SSSR count). The van der Waals surface area contributed by atoms with E-state index in [1.54, 1.807) is 17.1 Å².